The van der Waals surface area contributed by atoms with Crippen LogP contribution in [-0.4, -0.2) is 24.0 Å². The fourth-order valence-corrected chi connectivity index (χ4v) is 3.13. The number of para-hydroxylation sites is 1. The number of nitrogens with zero attached hydrogens (tertiary/aromatic N) is 2. The first-order valence-corrected chi connectivity index (χ1v) is 7.41. The van der Waals surface area contributed by atoms with Gasteiger partial charge in [0, 0.05) is 12.2 Å². The maximum Gasteiger partial charge on any atom is 0.280 e. The first kappa shape index (κ1) is 12.6. The van der Waals surface area contributed by atoms with Crippen molar-refractivity contribution in [1.82, 2.24) is 10.3 Å². The predicted octanol–water partition coefficient (Wildman–Crippen LogP) is 2.30. The molecule has 1 unspecified atom stereocenters. The minimum atomic E-state index is -0.0760. The van der Waals surface area contributed by atoms with E-state index in [0.29, 0.717) is 18.1 Å². The van der Waals surface area contributed by atoms with Gasteiger partial charge < -0.3 is 14.6 Å². The average Bonchev–Trinajstić information content (AvgIpc) is 3.25. The molecule has 108 valence electrons. The molecule has 1 fully saturated rings. The summed E-state index contributed by atoms with van der Waals surface area (Å²) in [6, 6.07) is 8.17. The molecule has 2 aliphatic rings. The van der Waals surface area contributed by atoms with Gasteiger partial charge in [-0.3, -0.25) is 4.79 Å². The molecule has 0 spiro atoms. The molecule has 1 amide bonds. The summed E-state index contributed by atoms with van der Waals surface area (Å²) in [5.41, 5.74) is 2.61. The fraction of sp³-hybridized carbons (Fsp3) is 0.375. The minimum absolute atomic E-state index is 0.0760. The van der Waals surface area contributed by atoms with Gasteiger partial charge in [0.15, 0.2) is 5.69 Å². The minimum Gasteiger partial charge on any atom is -0.446 e. The highest BCUT2D eigenvalue weighted by Gasteiger charge is 2.28. The summed E-state index contributed by atoms with van der Waals surface area (Å²) in [5.74, 6) is 0.552. The summed E-state index contributed by atoms with van der Waals surface area (Å²) in [5, 5.41) is 3.33. The summed E-state index contributed by atoms with van der Waals surface area (Å²) < 4.78 is 5.50. The van der Waals surface area contributed by atoms with Gasteiger partial charge in [0.05, 0.1) is 6.04 Å². The molecule has 1 N–H and O–H groups in total. The Balaban J connectivity index is 1.58. The first-order valence-electron chi connectivity index (χ1n) is 7.41. The summed E-state index contributed by atoms with van der Waals surface area (Å²) in [4.78, 5) is 18.8. The van der Waals surface area contributed by atoms with E-state index in [1.165, 1.54) is 11.8 Å². The van der Waals surface area contributed by atoms with E-state index < -0.39 is 0 Å². The number of fused-ring (bicyclic) bond motifs is 1. The summed E-state index contributed by atoms with van der Waals surface area (Å²) >= 11 is 0. The van der Waals surface area contributed by atoms with E-state index in [9.17, 15) is 4.79 Å². The van der Waals surface area contributed by atoms with Crippen LogP contribution in [0.4, 0.5) is 5.69 Å². The highest BCUT2D eigenvalue weighted by atomic mass is 16.3. The predicted molar refractivity (Wildman–Crippen MR) is 78.3 cm³/mol. The van der Waals surface area contributed by atoms with Crippen molar-refractivity contribution in [3.8, 4) is 0 Å². The maximum absolute atomic E-state index is 12.6. The highest BCUT2D eigenvalue weighted by Crippen LogP contribution is 2.29. The molecule has 5 heteroatoms. The molecule has 0 bridgehead atoms. The lowest BCUT2D eigenvalue weighted by Crippen LogP contribution is -2.29. The third-order valence-corrected chi connectivity index (χ3v) is 4.23. The third kappa shape index (κ3) is 2.14. The van der Waals surface area contributed by atoms with Gasteiger partial charge in [-0.2, -0.15) is 0 Å². The van der Waals surface area contributed by atoms with E-state index >= 15 is 0 Å². The van der Waals surface area contributed by atoms with Gasteiger partial charge in [-0.15, -0.1) is 0 Å². The van der Waals surface area contributed by atoms with Gasteiger partial charge in [-0.25, -0.2) is 4.98 Å². The number of rotatable bonds is 2. The molecule has 2 aliphatic heterocycles. The van der Waals surface area contributed by atoms with Crippen molar-refractivity contribution in [2.75, 3.05) is 18.0 Å². The van der Waals surface area contributed by atoms with Gasteiger partial charge in [0.2, 0.25) is 5.89 Å². The Morgan fingerprint density at radius 2 is 2.29 bits per heavy atom. The number of oxazole rings is 1. The number of aromatic nitrogens is 1. The van der Waals surface area contributed by atoms with Gasteiger partial charge in [-0.05, 0) is 37.4 Å². The summed E-state index contributed by atoms with van der Waals surface area (Å²) in [6.45, 7) is 1.69. The number of nitrogens with one attached hydrogen (secondary N) is 1. The van der Waals surface area contributed by atoms with E-state index in [2.05, 4.69) is 16.4 Å². The van der Waals surface area contributed by atoms with Crippen LogP contribution in [0, 0.1) is 0 Å². The van der Waals surface area contributed by atoms with Crippen LogP contribution < -0.4 is 10.2 Å². The number of anilines is 1. The Bertz CT molecular complexity index is 674. The normalized spacial score (nSPS) is 20.8. The van der Waals surface area contributed by atoms with Crippen molar-refractivity contribution < 1.29 is 9.21 Å². The number of benzene rings is 1. The van der Waals surface area contributed by atoms with Gasteiger partial charge in [0.25, 0.3) is 5.91 Å². The van der Waals surface area contributed by atoms with Crippen LogP contribution in [0.3, 0.4) is 0 Å². The molecule has 0 saturated carbocycles. The number of carbonyl (C=O) groups is 1. The van der Waals surface area contributed by atoms with E-state index in [1.54, 1.807) is 4.90 Å². The standard InChI is InChI=1S/C16H17N3O2/c20-16(19-9-7-11-4-1-2-6-14(11)19)13-10-21-15(18-13)12-5-3-8-17-12/h1-2,4,6,10,12,17H,3,5,7-9H2. The number of hydrogen-bond donors (Lipinski definition) is 1. The van der Waals surface area contributed by atoms with Crippen LogP contribution in [0.1, 0.15) is 40.8 Å². The van der Waals surface area contributed by atoms with E-state index in [0.717, 1.165) is 31.5 Å². The van der Waals surface area contributed by atoms with Crippen LogP contribution in [0.25, 0.3) is 0 Å². The summed E-state index contributed by atoms with van der Waals surface area (Å²) in [7, 11) is 0. The molecule has 1 saturated heterocycles. The lowest BCUT2D eigenvalue weighted by molar-refractivity contribution is 0.0984. The molecule has 3 heterocycles. The first-order chi connectivity index (χ1) is 10.3. The molecule has 4 rings (SSSR count). The number of carbonyl (C=O) groups excluding carboxylic acids is 1. The van der Waals surface area contributed by atoms with E-state index in [-0.39, 0.29) is 11.9 Å². The zero-order valence-electron chi connectivity index (χ0n) is 11.7. The van der Waals surface area contributed by atoms with E-state index in [4.69, 9.17) is 4.42 Å². The lowest BCUT2D eigenvalue weighted by Gasteiger charge is -2.15. The van der Waals surface area contributed by atoms with Crippen LogP contribution in [0.5, 0.6) is 0 Å². The Labute approximate surface area is 123 Å². The molecular formula is C16H17N3O2. The van der Waals surface area contributed by atoms with Crippen molar-refractivity contribution >= 4 is 11.6 Å². The fourth-order valence-electron chi connectivity index (χ4n) is 3.13. The molecule has 5 nitrogen and oxygen atoms in total. The van der Waals surface area contributed by atoms with Crippen LogP contribution in [0.2, 0.25) is 0 Å². The number of amides is 1. The molecule has 1 aromatic carbocycles. The molecule has 1 aromatic heterocycles. The van der Waals surface area contributed by atoms with Crippen molar-refractivity contribution in [3.63, 3.8) is 0 Å². The van der Waals surface area contributed by atoms with Crippen molar-refractivity contribution in [1.29, 1.82) is 0 Å². The molecule has 1 atom stereocenters. The zero-order valence-corrected chi connectivity index (χ0v) is 11.7. The Morgan fingerprint density at radius 3 is 3.14 bits per heavy atom. The second-order valence-electron chi connectivity index (χ2n) is 5.56. The van der Waals surface area contributed by atoms with Gasteiger partial charge in [0.1, 0.15) is 6.26 Å². The van der Waals surface area contributed by atoms with Gasteiger partial charge in [-0.1, -0.05) is 18.2 Å². The molecule has 2 aromatic rings. The van der Waals surface area contributed by atoms with Crippen molar-refractivity contribution in [3.05, 3.63) is 47.7 Å². The molecule has 0 radical (unpaired) electrons. The smallest absolute Gasteiger partial charge is 0.280 e. The third-order valence-electron chi connectivity index (χ3n) is 4.23. The average molecular weight is 283 g/mol. The van der Waals surface area contributed by atoms with Crippen molar-refractivity contribution in [2.45, 2.75) is 25.3 Å². The number of hydrogen-bond acceptors (Lipinski definition) is 4. The summed E-state index contributed by atoms with van der Waals surface area (Å²) in [6.07, 6.45) is 4.52. The van der Waals surface area contributed by atoms with Crippen LogP contribution >= 0.6 is 0 Å². The van der Waals surface area contributed by atoms with Crippen LogP contribution in [-0.2, 0) is 6.42 Å². The molecule has 0 aliphatic carbocycles. The lowest BCUT2D eigenvalue weighted by atomic mass is 10.2. The van der Waals surface area contributed by atoms with E-state index in [1.807, 2.05) is 18.2 Å². The largest absolute Gasteiger partial charge is 0.446 e. The Hall–Kier alpha value is -2.14. The Kier molecular flexibility index (Phi) is 3.00. The second-order valence-corrected chi connectivity index (χ2v) is 5.56. The van der Waals surface area contributed by atoms with Crippen molar-refractivity contribution in [2.24, 2.45) is 0 Å². The maximum atomic E-state index is 12.6. The SMILES string of the molecule is O=C(c1coc(C2CCCN2)n1)N1CCc2ccccc21. The molecular weight excluding hydrogens is 266 g/mol. The van der Waals surface area contributed by atoms with Crippen LogP contribution in [0.15, 0.2) is 34.9 Å². The van der Waals surface area contributed by atoms with Gasteiger partial charge >= 0.3 is 0 Å². The quantitative estimate of drug-likeness (QED) is 0.918. The monoisotopic (exact) mass is 283 g/mol. The Morgan fingerprint density at radius 1 is 1.38 bits per heavy atom. The second kappa shape index (κ2) is 5.00. The topological polar surface area (TPSA) is 58.4 Å². The molecule has 21 heavy (non-hydrogen) atoms. The zero-order chi connectivity index (χ0) is 14.2. The highest BCUT2D eigenvalue weighted by molar-refractivity contribution is 6.05.